The van der Waals surface area contributed by atoms with E-state index in [1.165, 1.54) is 0 Å². The number of imide groups is 1. The Balaban J connectivity index is 1.84. The van der Waals surface area contributed by atoms with Gasteiger partial charge in [-0.05, 0) is 6.42 Å². The third-order valence-electron chi connectivity index (χ3n) is 4.11. The zero-order valence-corrected chi connectivity index (χ0v) is 6.90. The van der Waals surface area contributed by atoms with Crippen LogP contribution in [-0.4, -0.2) is 24.0 Å². The van der Waals surface area contributed by atoms with Crippen LogP contribution in [0.25, 0.3) is 0 Å². The van der Waals surface area contributed by atoms with E-state index in [4.69, 9.17) is 4.74 Å². The quantitative estimate of drug-likeness (QED) is 0.395. The van der Waals surface area contributed by atoms with Crippen molar-refractivity contribution in [1.82, 2.24) is 5.32 Å². The average molecular weight is 179 g/mol. The molecule has 4 aliphatic rings. The fourth-order valence-corrected chi connectivity index (χ4v) is 3.65. The van der Waals surface area contributed by atoms with Crippen molar-refractivity contribution in [2.24, 2.45) is 23.7 Å². The highest BCUT2D eigenvalue weighted by atomic mass is 16.6. The molecule has 4 nitrogen and oxygen atoms in total. The Morgan fingerprint density at radius 1 is 1.08 bits per heavy atom. The van der Waals surface area contributed by atoms with Gasteiger partial charge in [-0.2, -0.15) is 0 Å². The van der Waals surface area contributed by atoms with Crippen LogP contribution in [0.5, 0.6) is 0 Å². The molecule has 0 unspecified atom stereocenters. The van der Waals surface area contributed by atoms with Gasteiger partial charge in [0.05, 0.1) is 24.0 Å². The molecule has 0 aromatic heterocycles. The van der Waals surface area contributed by atoms with Crippen LogP contribution < -0.4 is 5.32 Å². The van der Waals surface area contributed by atoms with E-state index in [-0.39, 0.29) is 23.7 Å². The van der Waals surface area contributed by atoms with Gasteiger partial charge in [-0.3, -0.25) is 14.9 Å². The van der Waals surface area contributed by atoms with Crippen LogP contribution in [0.2, 0.25) is 0 Å². The fourth-order valence-electron chi connectivity index (χ4n) is 3.65. The van der Waals surface area contributed by atoms with E-state index in [0.717, 1.165) is 6.42 Å². The second-order valence-corrected chi connectivity index (χ2v) is 4.53. The molecule has 0 aromatic rings. The molecule has 2 bridgehead atoms. The van der Waals surface area contributed by atoms with Crippen LogP contribution in [0, 0.1) is 23.7 Å². The lowest BCUT2D eigenvalue weighted by molar-refractivity contribution is -0.127. The Morgan fingerprint density at radius 3 is 2.15 bits per heavy atom. The van der Waals surface area contributed by atoms with Crippen LogP contribution in [0.1, 0.15) is 6.42 Å². The van der Waals surface area contributed by atoms with Crippen molar-refractivity contribution in [3.63, 3.8) is 0 Å². The van der Waals surface area contributed by atoms with Crippen LogP contribution in [-0.2, 0) is 14.3 Å². The number of carbonyl (C=O) groups is 2. The minimum absolute atomic E-state index is 0.0544. The molecule has 68 valence electrons. The van der Waals surface area contributed by atoms with Crippen molar-refractivity contribution in [2.75, 3.05) is 0 Å². The molecule has 2 amide bonds. The summed E-state index contributed by atoms with van der Waals surface area (Å²) in [6.45, 7) is 0. The number of epoxide rings is 1. The predicted molar refractivity (Wildman–Crippen MR) is 40.4 cm³/mol. The standard InChI is InChI=1S/C9H9NO3/c11-8-4-2-1-3(7-6(2)13-7)5(4)9(12)10-8/h2-7H,1H2,(H,10,11,12)/t2-,3-,4-,5+,6-,7+/m0/s1. The molecule has 0 aromatic carbocycles. The van der Waals surface area contributed by atoms with E-state index in [2.05, 4.69) is 5.32 Å². The van der Waals surface area contributed by atoms with Gasteiger partial charge in [-0.1, -0.05) is 0 Å². The normalized spacial score (nSPS) is 60.6. The monoisotopic (exact) mass is 179 g/mol. The summed E-state index contributed by atoms with van der Waals surface area (Å²) < 4.78 is 5.44. The molecule has 2 saturated carbocycles. The van der Waals surface area contributed by atoms with Crippen molar-refractivity contribution in [3.8, 4) is 0 Å². The number of rotatable bonds is 0. The highest BCUT2D eigenvalue weighted by molar-refractivity contribution is 6.06. The molecular weight excluding hydrogens is 170 g/mol. The number of ether oxygens (including phenoxy) is 1. The van der Waals surface area contributed by atoms with E-state index in [1.807, 2.05) is 0 Å². The summed E-state index contributed by atoms with van der Waals surface area (Å²) >= 11 is 0. The maximum absolute atomic E-state index is 11.4. The summed E-state index contributed by atoms with van der Waals surface area (Å²) in [6, 6.07) is 0. The Morgan fingerprint density at radius 2 is 1.62 bits per heavy atom. The van der Waals surface area contributed by atoms with Gasteiger partial charge in [0.25, 0.3) is 0 Å². The van der Waals surface area contributed by atoms with Gasteiger partial charge in [0.1, 0.15) is 0 Å². The highest BCUT2D eigenvalue weighted by Gasteiger charge is 2.72. The van der Waals surface area contributed by atoms with Gasteiger partial charge in [-0.25, -0.2) is 0 Å². The molecule has 4 heteroatoms. The number of nitrogens with one attached hydrogen (secondary N) is 1. The van der Waals surface area contributed by atoms with Crippen LogP contribution in [0.3, 0.4) is 0 Å². The molecule has 2 heterocycles. The lowest BCUT2D eigenvalue weighted by Gasteiger charge is -2.15. The van der Waals surface area contributed by atoms with Crippen molar-refractivity contribution < 1.29 is 14.3 Å². The van der Waals surface area contributed by atoms with Gasteiger partial charge in [0.15, 0.2) is 0 Å². The molecule has 1 N–H and O–H groups in total. The molecular formula is C9H9NO3. The second kappa shape index (κ2) is 1.66. The van der Waals surface area contributed by atoms with Gasteiger partial charge < -0.3 is 4.74 Å². The van der Waals surface area contributed by atoms with E-state index in [9.17, 15) is 9.59 Å². The molecule has 2 aliphatic heterocycles. The molecule has 13 heavy (non-hydrogen) atoms. The topological polar surface area (TPSA) is 58.7 Å². The number of hydrogen-bond acceptors (Lipinski definition) is 3. The predicted octanol–water partition coefficient (Wildman–Crippen LogP) is -0.708. The summed E-state index contributed by atoms with van der Waals surface area (Å²) in [5, 5.41) is 2.43. The van der Waals surface area contributed by atoms with Crippen molar-refractivity contribution in [2.45, 2.75) is 18.6 Å². The van der Waals surface area contributed by atoms with E-state index in [1.54, 1.807) is 0 Å². The molecule has 0 radical (unpaired) electrons. The Kier molecular flexibility index (Phi) is 0.836. The van der Waals surface area contributed by atoms with Crippen molar-refractivity contribution >= 4 is 11.8 Å². The van der Waals surface area contributed by atoms with Gasteiger partial charge in [0.2, 0.25) is 11.8 Å². The third-order valence-corrected chi connectivity index (χ3v) is 4.11. The molecule has 0 spiro atoms. The summed E-state index contributed by atoms with van der Waals surface area (Å²) in [7, 11) is 0. The van der Waals surface area contributed by atoms with Crippen LogP contribution in [0.15, 0.2) is 0 Å². The summed E-state index contributed by atoms with van der Waals surface area (Å²) in [5.41, 5.74) is 0. The molecule has 2 saturated heterocycles. The zero-order valence-electron chi connectivity index (χ0n) is 6.90. The highest BCUT2D eigenvalue weighted by Crippen LogP contribution is 2.62. The minimum Gasteiger partial charge on any atom is -0.369 e. The molecule has 4 rings (SSSR count). The first-order valence-electron chi connectivity index (χ1n) is 4.77. The van der Waals surface area contributed by atoms with E-state index in [0.29, 0.717) is 24.0 Å². The summed E-state index contributed by atoms with van der Waals surface area (Å²) in [6.07, 6.45) is 1.65. The lowest BCUT2D eigenvalue weighted by atomic mass is 9.81. The number of hydrogen-bond donors (Lipinski definition) is 1. The van der Waals surface area contributed by atoms with Crippen LogP contribution in [0.4, 0.5) is 0 Å². The number of fused-ring (bicyclic) bond motifs is 8. The van der Waals surface area contributed by atoms with Crippen molar-refractivity contribution in [1.29, 1.82) is 0 Å². The SMILES string of the molecule is O=C1NC(=O)[C@H]2[C@@H]3C[C@H]([C@H]4O[C@@H]34)[C@@H]12. The van der Waals surface area contributed by atoms with Crippen LogP contribution >= 0.6 is 0 Å². The molecule has 6 atom stereocenters. The van der Waals surface area contributed by atoms with Crippen molar-refractivity contribution in [3.05, 3.63) is 0 Å². The van der Waals surface area contributed by atoms with E-state index < -0.39 is 0 Å². The van der Waals surface area contributed by atoms with Gasteiger partial charge in [-0.15, -0.1) is 0 Å². The first-order valence-corrected chi connectivity index (χ1v) is 4.77. The Hall–Kier alpha value is -0.900. The second-order valence-electron chi connectivity index (χ2n) is 4.53. The smallest absolute Gasteiger partial charge is 0.230 e. The van der Waals surface area contributed by atoms with Gasteiger partial charge in [0, 0.05) is 11.8 Å². The molecule has 4 fully saturated rings. The Labute approximate surface area is 74.6 Å². The maximum atomic E-state index is 11.4. The minimum atomic E-state index is -0.0588. The largest absolute Gasteiger partial charge is 0.369 e. The molecule has 2 aliphatic carbocycles. The Bertz CT molecular complexity index is 310. The summed E-state index contributed by atoms with van der Waals surface area (Å²) in [4.78, 5) is 22.9. The first kappa shape index (κ1) is 6.54. The van der Waals surface area contributed by atoms with Gasteiger partial charge >= 0.3 is 0 Å². The number of amides is 2. The fraction of sp³-hybridized carbons (Fsp3) is 0.778. The number of carbonyl (C=O) groups excluding carboxylic acids is 2. The van der Waals surface area contributed by atoms with E-state index >= 15 is 0 Å². The first-order chi connectivity index (χ1) is 6.27. The lowest BCUT2D eigenvalue weighted by Crippen LogP contribution is -2.29. The third kappa shape index (κ3) is 0.544. The summed E-state index contributed by atoms with van der Waals surface area (Å²) in [5.74, 6) is 0.452. The average Bonchev–Trinajstić information content (AvgIpc) is 2.58. The maximum Gasteiger partial charge on any atom is 0.230 e. The zero-order chi connectivity index (χ0) is 8.74.